The first-order valence-corrected chi connectivity index (χ1v) is 11.0. The van der Waals surface area contributed by atoms with Crippen molar-refractivity contribution in [2.45, 2.75) is 39.7 Å². The molecule has 162 valence electrons. The van der Waals surface area contributed by atoms with Crippen molar-refractivity contribution in [3.63, 3.8) is 0 Å². The second kappa shape index (κ2) is 8.29. The number of hydrogen-bond acceptors (Lipinski definition) is 4. The molecule has 0 spiro atoms. The number of allylic oxidation sites excluding steroid dienone is 1. The summed E-state index contributed by atoms with van der Waals surface area (Å²) in [5.41, 5.74) is 1.51. The highest BCUT2D eigenvalue weighted by atomic mass is 16.6. The van der Waals surface area contributed by atoms with Crippen LogP contribution in [0.25, 0.3) is 17.2 Å². The molecule has 1 aliphatic carbocycles. The summed E-state index contributed by atoms with van der Waals surface area (Å²) in [5, 5.41) is 10.1. The Morgan fingerprint density at radius 1 is 1.19 bits per heavy atom. The summed E-state index contributed by atoms with van der Waals surface area (Å²) in [5.74, 6) is -1.69. The molecule has 1 aromatic carbocycles. The quantitative estimate of drug-likeness (QED) is 0.540. The van der Waals surface area contributed by atoms with Crippen molar-refractivity contribution < 1.29 is 19.4 Å². The van der Waals surface area contributed by atoms with Crippen LogP contribution in [-0.2, 0) is 14.3 Å². The number of pyridine rings is 1. The Hall–Kier alpha value is -2.95. The van der Waals surface area contributed by atoms with E-state index in [1.165, 1.54) is 0 Å². The van der Waals surface area contributed by atoms with E-state index in [-0.39, 0.29) is 23.7 Å². The SMILES string of the molecule is CC[C@H]1[C@H](/C=C/c2ccc(-c3ccccc3)cn2)[C@@H]2[C@@H](C)OC(=O)[C@]2(C(=O)O)C[C@@H]1C. The number of fused-ring (bicyclic) bond motifs is 1. The largest absolute Gasteiger partial charge is 0.480 e. The molecule has 2 fully saturated rings. The molecule has 0 radical (unpaired) electrons. The summed E-state index contributed by atoms with van der Waals surface area (Å²) in [4.78, 5) is 29.6. The molecule has 1 saturated carbocycles. The van der Waals surface area contributed by atoms with Gasteiger partial charge in [0.05, 0.1) is 5.69 Å². The van der Waals surface area contributed by atoms with Crippen molar-refractivity contribution in [3.05, 3.63) is 60.4 Å². The molecule has 1 aromatic heterocycles. The fraction of sp³-hybridized carbons (Fsp3) is 0.423. The van der Waals surface area contributed by atoms with Gasteiger partial charge >= 0.3 is 11.9 Å². The smallest absolute Gasteiger partial charge is 0.324 e. The number of cyclic esters (lactones) is 1. The molecule has 4 rings (SSSR count). The number of benzene rings is 1. The Bertz CT molecular complexity index is 984. The molecule has 2 heterocycles. The lowest BCUT2D eigenvalue weighted by atomic mass is 9.54. The summed E-state index contributed by atoms with van der Waals surface area (Å²) >= 11 is 0. The average molecular weight is 420 g/mol. The summed E-state index contributed by atoms with van der Waals surface area (Å²) in [6, 6.07) is 14.1. The highest BCUT2D eigenvalue weighted by Crippen LogP contribution is 2.57. The number of rotatable bonds is 5. The van der Waals surface area contributed by atoms with Gasteiger partial charge in [-0.15, -0.1) is 0 Å². The number of carboxylic acid groups (broad SMARTS) is 1. The molecule has 0 amide bonds. The lowest BCUT2D eigenvalue weighted by Crippen LogP contribution is -2.52. The lowest BCUT2D eigenvalue weighted by molar-refractivity contribution is -0.167. The zero-order valence-electron chi connectivity index (χ0n) is 18.2. The monoisotopic (exact) mass is 419 g/mol. The van der Waals surface area contributed by atoms with Crippen LogP contribution >= 0.6 is 0 Å². The van der Waals surface area contributed by atoms with Crippen LogP contribution in [0.2, 0.25) is 0 Å². The van der Waals surface area contributed by atoms with E-state index >= 15 is 0 Å². The Morgan fingerprint density at radius 3 is 2.55 bits per heavy atom. The molecular weight excluding hydrogens is 390 g/mol. The van der Waals surface area contributed by atoms with Crippen molar-refractivity contribution in [2.24, 2.45) is 29.1 Å². The first-order valence-electron chi connectivity index (χ1n) is 11.0. The molecule has 5 nitrogen and oxygen atoms in total. The van der Waals surface area contributed by atoms with Crippen LogP contribution in [-0.4, -0.2) is 28.1 Å². The van der Waals surface area contributed by atoms with E-state index in [9.17, 15) is 14.7 Å². The lowest BCUT2D eigenvalue weighted by Gasteiger charge is -2.46. The van der Waals surface area contributed by atoms with Crippen LogP contribution in [0, 0.1) is 29.1 Å². The minimum Gasteiger partial charge on any atom is -0.480 e. The normalized spacial score (nSPS) is 32.6. The molecule has 1 saturated heterocycles. The van der Waals surface area contributed by atoms with Crippen molar-refractivity contribution in [1.82, 2.24) is 4.98 Å². The molecule has 0 unspecified atom stereocenters. The number of esters is 1. The molecule has 31 heavy (non-hydrogen) atoms. The number of carbonyl (C=O) groups excluding carboxylic acids is 1. The topological polar surface area (TPSA) is 76.5 Å². The molecule has 5 heteroatoms. The maximum Gasteiger partial charge on any atom is 0.324 e. The highest BCUT2D eigenvalue weighted by molar-refractivity contribution is 6.01. The Balaban J connectivity index is 1.65. The second-order valence-electron chi connectivity index (χ2n) is 8.94. The number of aromatic nitrogens is 1. The zero-order valence-corrected chi connectivity index (χ0v) is 18.2. The van der Waals surface area contributed by atoms with Gasteiger partial charge in [0.15, 0.2) is 5.41 Å². The minimum atomic E-state index is -1.45. The van der Waals surface area contributed by atoms with Crippen molar-refractivity contribution in [1.29, 1.82) is 0 Å². The maximum absolute atomic E-state index is 12.7. The highest BCUT2D eigenvalue weighted by Gasteiger charge is 2.67. The van der Waals surface area contributed by atoms with Crippen LogP contribution in [0.5, 0.6) is 0 Å². The van der Waals surface area contributed by atoms with E-state index in [4.69, 9.17) is 4.74 Å². The van der Waals surface area contributed by atoms with E-state index < -0.39 is 23.5 Å². The van der Waals surface area contributed by atoms with Gasteiger partial charge in [0.2, 0.25) is 0 Å². The van der Waals surface area contributed by atoms with Crippen molar-refractivity contribution >= 4 is 18.0 Å². The van der Waals surface area contributed by atoms with Gasteiger partial charge in [0, 0.05) is 17.7 Å². The van der Waals surface area contributed by atoms with E-state index in [1.54, 1.807) is 0 Å². The summed E-state index contributed by atoms with van der Waals surface area (Å²) in [6.45, 7) is 6.01. The third-order valence-corrected chi connectivity index (χ3v) is 7.25. The molecule has 1 aliphatic heterocycles. The summed E-state index contributed by atoms with van der Waals surface area (Å²) in [6.07, 6.45) is 6.71. The molecule has 0 bridgehead atoms. The third kappa shape index (κ3) is 3.56. The van der Waals surface area contributed by atoms with Gasteiger partial charge in [0.25, 0.3) is 0 Å². The fourth-order valence-corrected chi connectivity index (χ4v) is 5.82. The molecular formula is C26H29NO4. The predicted molar refractivity (Wildman–Crippen MR) is 119 cm³/mol. The maximum atomic E-state index is 12.7. The summed E-state index contributed by atoms with van der Waals surface area (Å²) < 4.78 is 5.49. The Morgan fingerprint density at radius 2 is 1.94 bits per heavy atom. The van der Waals surface area contributed by atoms with Gasteiger partial charge in [-0.05, 0) is 48.8 Å². The van der Waals surface area contributed by atoms with Crippen LogP contribution in [0.15, 0.2) is 54.7 Å². The average Bonchev–Trinajstić information content (AvgIpc) is 3.03. The van der Waals surface area contributed by atoms with Gasteiger partial charge in [0.1, 0.15) is 6.10 Å². The van der Waals surface area contributed by atoms with E-state index in [2.05, 4.69) is 24.9 Å². The molecule has 6 atom stereocenters. The van der Waals surface area contributed by atoms with Crippen molar-refractivity contribution in [3.8, 4) is 11.1 Å². The number of nitrogens with zero attached hydrogens (tertiary/aromatic N) is 1. The van der Waals surface area contributed by atoms with E-state index in [0.29, 0.717) is 6.42 Å². The van der Waals surface area contributed by atoms with Gasteiger partial charge in [-0.2, -0.15) is 0 Å². The number of aliphatic carboxylic acids is 1. The van der Waals surface area contributed by atoms with Gasteiger partial charge < -0.3 is 9.84 Å². The van der Waals surface area contributed by atoms with Gasteiger partial charge in [-0.3, -0.25) is 14.6 Å². The standard InChI is InChI=1S/C26H29NO4/c1-4-21-16(2)14-26(24(28)29)23(17(3)31-25(26)30)22(21)13-12-20-11-10-19(15-27-20)18-8-6-5-7-9-18/h5-13,15-17,21-23H,4,14H2,1-3H3,(H,28,29)/b13-12+/t16-,17+,21+,22-,23-,26+/m0/s1. The summed E-state index contributed by atoms with van der Waals surface area (Å²) in [7, 11) is 0. The van der Waals surface area contributed by atoms with E-state index in [1.807, 2.05) is 61.7 Å². The van der Waals surface area contributed by atoms with Gasteiger partial charge in [-0.25, -0.2) is 0 Å². The van der Waals surface area contributed by atoms with Crippen LogP contribution in [0.1, 0.15) is 39.3 Å². The van der Waals surface area contributed by atoms with Crippen molar-refractivity contribution in [2.75, 3.05) is 0 Å². The first kappa shape index (κ1) is 21.3. The fourth-order valence-electron chi connectivity index (χ4n) is 5.82. The minimum absolute atomic E-state index is 0.0677. The Kier molecular flexibility index (Phi) is 5.69. The zero-order chi connectivity index (χ0) is 22.2. The Labute approximate surface area is 183 Å². The van der Waals surface area contributed by atoms with E-state index in [0.717, 1.165) is 23.2 Å². The second-order valence-corrected chi connectivity index (χ2v) is 8.94. The predicted octanol–water partition coefficient (Wildman–Crippen LogP) is 5.08. The van der Waals surface area contributed by atoms with Gasteiger partial charge in [-0.1, -0.05) is 62.7 Å². The van der Waals surface area contributed by atoms with Crippen LogP contribution < -0.4 is 0 Å². The molecule has 1 N–H and O–H groups in total. The third-order valence-electron chi connectivity index (χ3n) is 7.25. The number of ether oxygens (including phenoxy) is 1. The van der Waals surface area contributed by atoms with Crippen LogP contribution in [0.3, 0.4) is 0 Å². The molecule has 2 aromatic rings. The molecule has 2 aliphatic rings. The first-order chi connectivity index (χ1) is 14.9. The van der Waals surface area contributed by atoms with Crippen LogP contribution in [0.4, 0.5) is 0 Å². The number of hydrogen-bond donors (Lipinski definition) is 1. The number of carboxylic acids is 1. The number of carbonyl (C=O) groups is 2.